The Labute approximate surface area is 153 Å². The summed E-state index contributed by atoms with van der Waals surface area (Å²) in [6.07, 6.45) is 1.73. The molecular weight excluding hydrogens is 319 g/mol. The van der Waals surface area contributed by atoms with E-state index in [0.29, 0.717) is 0 Å². The quantitative estimate of drug-likeness (QED) is 0.727. The first-order valence-electron chi connectivity index (χ1n) is 9.46. The minimum atomic E-state index is -0.433. The smallest absolute Gasteiger partial charge is 0.444 e. The standard InChI is InChI=1S/C18H35BN2O4/c1-16(2,3)23-15(22)21-13-11-20(12-14-21)10-8-9-19-24-17(4,5)18(6,7)25-19/h8-14H2,1-7H3. The number of ether oxygens (including phenoxy) is 1. The molecule has 2 saturated heterocycles. The van der Waals surface area contributed by atoms with Crippen molar-refractivity contribution in [1.29, 1.82) is 0 Å². The number of nitrogens with zero attached hydrogens (tertiary/aromatic N) is 2. The van der Waals surface area contributed by atoms with Crippen LogP contribution in [-0.2, 0) is 14.0 Å². The van der Waals surface area contributed by atoms with E-state index in [0.717, 1.165) is 45.5 Å². The summed E-state index contributed by atoms with van der Waals surface area (Å²) in [4.78, 5) is 16.3. The number of carbonyl (C=O) groups is 1. The lowest BCUT2D eigenvalue weighted by molar-refractivity contribution is 0.00578. The molecule has 2 heterocycles. The average molecular weight is 354 g/mol. The van der Waals surface area contributed by atoms with Crippen LogP contribution in [0.25, 0.3) is 0 Å². The van der Waals surface area contributed by atoms with Crippen LogP contribution >= 0.6 is 0 Å². The van der Waals surface area contributed by atoms with E-state index in [1.165, 1.54) is 0 Å². The van der Waals surface area contributed by atoms with Gasteiger partial charge in [0.2, 0.25) is 0 Å². The van der Waals surface area contributed by atoms with E-state index in [4.69, 9.17) is 14.0 Å². The van der Waals surface area contributed by atoms with Gasteiger partial charge in [0.1, 0.15) is 5.60 Å². The zero-order chi connectivity index (χ0) is 18.9. The molecule has 0 aromatic carbocycles. The molecule has 7 heteroatoms. The molecule has 0 aromatic heterocycles. The molecule has 25 heavy (non-hydrogen) atoms. The molecule has 2 aliphatic heterocycles. The molecule has 0 aliphatic carbocycles. The summed E-state index contributed by atoms with van der Waals surface area (Å²) >= 11 is 0. The predicted molar refractivity (Wildman–Crippen MR) is 99.8 cm³/mol. The molecule has 2 fully saturated rings. The molecular formula is C18H35BN2O4. The van der Waals surface area contributed by atoms with Gasteiger partial charge in [0.05, 0.1) is 11.2 Å². The van der Waals surface area contributed by atoms with Crippen molar-refractivity contribution in [1.82, 2.24) is 9.80 Å². The first-order valence-corrected chi connectivity index (χ1v) is 9.46. The molecule has 1 amide bonds. The van der Waals surface area contributed by atoms with Crippen molar-refractivity contribution in [2.45, 2.75) is 78.0 Å². The molecule has 0 radical (unpaired) electrons. The summed E-state index contributed by atoms with van der Waals surface area (Å²) in [5.74, 6) is 0. The maximum atomic E-state index is 12.1. The van der Waals surface area contributed by atoms with Crippen LogP contribution in [0, 0.1) is 0 Å². The first-order chi connectivity index (χ1) is 11.4. The van der Waals surface area contributed by atoms with Gasteiger partial charge in [-0.25, -0.2) is 4.79 Å². The maximum absolute atomic E-state index is 12.1. The Morgan fingerprint density at radius 1 is 1.04 bits per heavy atom. The molecule has 0 atom stereocenters. The van der Waals surface area contributed by atoms with E-state index in [1.807, 2.05) is 20.8 Å². The minimum absolute atomic E-state index is 0.118. The van der Waals surface area contributed by atoms with Crippen LogP contribution in [-0.4, -0.2) is 72.5 Å². The van der Waals surface area contributed by atoms with Gasteiger partial charge in [0.15, 0.2) is 0 Å². The third-order valence-electron chi connectivity index (χ3n) is 5.24. The van der Waals surface area contributed by atoms with E-state index >= 15 is 0 Å². The lowest BCUT2D eigenvalue weighted by Crippen LogP contribution is -2.50. The Morgan fingerprint density at radius 2 is 1.56 bits per heavy atom. The highest BCUT2D eigenvalue weighted by atomic mass is 16.7. The van der Waals surface area contributed by atoms with Crippen LogP contribution in [0.4, 0.5) is 4.79 Å². The summed E-state index contributed by atoms with van der Waals surface area (Å²) < 4.78 is 17.5. The highest BCUT2D eigenvalue weighted by Gasteiger charge is 2.50. The van der Waals surface area contributed by atoms with E-state index in [1.54, 1.807) is 4.90 Å². The van der Waals surface area contributed by atoms with Crippen molar-refractivity contribution in [2.75, 3.05) is 32.7 Å². The Bertz CT molecular complexity index is 452. The summed E-state index contributed by atoms with van der Waals surface area (Å²) in [7, 11) is -0.118. The van der Waals surface area contributed by atoms with E-state index in [-0.39, 0.29) is 24.4 Å². The van der Waals surface area contributed by atoms with Gasteiger partial charge in [-0.1, -0.05) is 0 Å². The van der Waals surface area contributed by atoms with Crippen LogP contribution < -0.4 is 0 Å². The van der Waals surface area contributed by atoms with Crippen LogP contribution in [0.1, 0.15) is 54.9 Å². The minimum Gasteiger partial charge on any atom is -0.444 e. The largest absolute Gasteiger partial charge is 0.457 e. The highest BCUT2D eigenvalue weighted by Crippen LogP contribution is 2.37. The van der Waals surface area contributed by atoms with Gasteiger partial charge in [0.25, 0.3) is 0 Å². The van der Waals surface area contributed by atoms with Crippen LogP contribution in [0.3, 0.4) is 0 Å². The van der Waals surface area contributed by atoms with Crippen molar-refractivity contribution in [3.8, 4) is 0 Å². The SMILES string of the molecule is CC(C)(C)OC(=O)N1CCN(CCCB2OC(C)(C)C(C)(C)O2)CC1. The van der Waals surface area contributed by atoms with Crippen molar-refractivity contribution in [3.63, 3.8) is 0 Å². The van der Waals surface area contributed by atoms with Crippen molar-refractivity contribution >= 4 is 13.2 Å². The number of rotatable bonds is 4. The second kappa shape index (κ2) is 7.45. The maximum Gasteiger partial charge on any atom is 0.457 e. The lowest BCUT2D eigenvalue weighted by Gasteiger charge is -2.35. The van der Waals surface area contributed by atoms with Gasteiger partial charge in [-0.3, -0.25) is 4.90 Å². The molecule has 144 valence electrons. The van der Waals surface area contributed by atoms with Gasteiger partial charge < -0.3 is 18.9 Å². The fourth-order valence-electron chi connectivity index (χ4n) is 3.05. The number of carbonyl (C=O) groups excluding carboxylic acids is 1. The fourth-order valence-corrected chi connectivity index (χ4v) is 3.05. The molecule has 0 saturated carbocycles. The Kier molecular flexibility index (Phi) is 6.12. The number of amides is 1. The van der Waals surface area contributed by atoms with E-state index in [9.17, 15) is 4.79 Å². The number of hydrogen-bond donors (Lipinski definition) is 0. The van der Waals surface area contributed by atoms with Gasteiger partial charge in [0, 0.05) is 26.2 Å². The molecule has 2 aliphatic rings. The van der Waals surface area contributed by atoms with Gasteiger partial charge in [-0.15, -0.1) is 0 Å². The molecule has 6 nitrogen and oxygen atoms in total. The molecule has 0 N–H and O–H groups in total. The third-order valence-corrected chi connectivity index (χ3v) is 5.24. The molecule has 0 aromatic rings. The summed E-state index contributed by atoms with van der Waals surface area (Å²) in [5.41, 5.74) is -0.940. The molecule has 2 rings (SSSR count). The monoisotopic (exact) mass is 354 g/mol. The average Bonchev–Trinajstić information content (AvgIpc) is 2.65. The second-order valence-corrected chi connectivity index (χ2v) is 9.14. The van der Waals surface area contributed by atoms with E-state index in [2.05, 4.69) is 32.6 Å². The zero-order valence-corrected chi connectivity index (χ0v) is 17.1. The normalized spacial score (nSPS) is 23.8. The lowest BCUT2D eigenvalue weighted by atomic mass is 9.83. The van der Waals surface area contributed by atoms with Gasteiger partial charge in [-0.05, 0) is 67.8 Å². The zero-order valence-electron chi connectivity index (χ0n) is 17.1. The van der Waals surface area contributed by atoms with E-state index < -0.39 is 5.60 Å². The van der Waals surface area contributed by atoms with Crippen molar-refractivity contribution in [2.24, 2.45) is 0 Å². The molecule has 0 spiro atoms. The van der Waals surface area contributed by atoms with Crippen molar-refractivity contribution in [3.05, 3.63) is 0 Å². The second-order valence-electron chi connectivity index (χ2n) is 9.14. The Morgan fingerprint density at radius 3 is 2.04 bits per heavy atom. The van der Waals surface area contributed by atoms with Gasteiger partial charge in [-0.2, -0.15) is 0 Å². The van der Waals surface area contributed by atoms with Crippen LogP contribution in [0.2, 0.25) is 6.32 Å². The first kappa shape index (κ1) is 20.5. The predicted octanol–water partition coefficient (Wildman–Crippen LogP) is 3.02. The van der Waals surface area contributed by atoms with Crippen LogP contribution in [0.15, 0.2) is 0 Å². The number of hydrogen-bond acceptors (Lipinski definition) is 5. The Balaban J connectivity index is 1.66. The molecule has 0 unspecified atom stereocenters. The summed E-state index contributed by atoms with van der Waals surface area (Å²) in [5, 5.41) is 0. The highest BCUT2D eigenvalue weighted by molar-refractivity contribution is 6.45. The Hall–Kier alpha value is -0.785. The summed E-state index contributed by atoms with van der Waals surface area (Å²) in [6, 6.07) is 0. The fraction of sp³-hybridized carbons (Fsp3) is 0.944. The summed E-state index contributed by atoms with van der Waals surface area (Å²) in [6.45, 7) is 18.3. The molecule has 0 bridgehead atoms. The third kappa shape index (κ3) is 5.59. The van der Waals surface area contributed by atoms with Crippen LogP contribution in [0.5, 0.6) is 0 Å². The van der Waals surface area contributed by atoms with Gasteiger partial charge >= 0.3 is 13.2 Å². The van der Waals surface area contributed by atoms with Crippen molar-refractivity contribution < 1.29 is 18.8 Å². The topological polar surface area (TPSA) is 51.2 Å². The number of piperazine rings is 1.